The molecule has 0 saturated carbocycles. The lowest BCUT2D eigenvalue weighted by Crippen LogP contribution is -2.37. The monoisotopic (exact) mass is 279 g/mol. The van der Waals surface area contributed by atoms with E-state index in [9.17, 15) is 9.59 Å². The summed E-state index contributed by atoms with van der Waals surface area (Å²) in [6.45, 7) is 2.29. The Labute approximate surface area is 119 Å². The van der Waals surface area contributed by atoms with Gasteiger partial charge in [0.25, 0.3) is 0 Å². The standard InChI is InChI=1S/C15H21NO4/c1-4-11-16(15(18)20-3)14(17)10-7-12-5-8-13(19-2)9-6-12/h5-6,8-9H,4,7,10-11H2,1-3H3. The maximum atomic E-state index is 12.0. The zero-order valence-electron chi connectivity index (χ0n) is 12.2. The smallest absolute Gasteiger partial charge is 0.416 e. The van der Waals surface area contributed by atoms with Gasteiger partial charge >= 0.3 is 6.09 Å². The van der Waals surface area contributed by atoms with E-state index in [-0.39, 0.29) is 12.3 Å². The second-order valence-electron chi connectivity index (χ2n) is 4.36. The first-order valence-corrected chi connectivity index (χ1v) is 6.63. The lowest BCUT2D eigenvalue weighted by molar-refractivity contribution is -0.129. The molecule has 0 spiro atoms. The summed E-state index contributed by atoms with van der Waals surface area (Å²) in [5.74, 6) is 0.566. The van der Waals surface area contributed by atoms with Crippen molar-refractivity contribution < 1.29 is 19.1 Å². The van der Waals surface area contributed by atoms with E-state index in [0.717, 1.165) is 16.2 Å². The molecule has 0 aliphatic rings. The number of rotatable bonds is 6. The topological polar surface area (TPSA) is 55.8 Å². The highest BCUT2D eigenvalue weighted by Gasteiger charge is 2.20. The van der Waals surface area contributed by atoms with Gasteiger partial charge < -0.3 is 9.47 Å². The molecule has 0 fully saturated rings. The Balaban J connectivity index is 2.57. The third-order valence-electron chi connectivity index (χ3n) is 2.93. The van der Waals surface area contributed by atoms with Crippen molar-refractivity contribution in [2.45, 2.75) is 26.2 Å². The van der Waals surface area contributed by atoms with Crippen molar-refractivity contribution in [2.75, 3.05) is 20.8 Å². The minimum absolute atomic E-state index is 0.213. The van der Waals surface area contributed by atoms with Crippen LogP contribution in [-0.4, -0.2) is 37.7 Å². The van der Waals surface area contributed by atoms with Crippen molar-refractivity contribution in [3.8, 4) is 5.75 Å². The molecule has 20 heavy (non-hydrogen) atoms. The summed E-state index contributed by atoms with van der Waals surface area (Å²) in [7, 11) is 2.89. The van der Waals surface area contributed by atoms with Gasteiger partial charge in [0.15, 0.2) is 0 Å². The van der Waals surface area contributed by atoms with Crippen LogP contribution >= 0.6 is 0 Å². The Hall–Kier alpha value is -2.04. The van der Waals surface area contributed by atoms with Crippen LogP contribution in [0.2, 0.25) is 0 Å². The minimum Gasteiger partial charge on any atom is -0.497 e. The second-order valence-corrected chi connectivity index (χ2v) is 4.36. The molecule has 0 saturated heterocycles. The molecule has 0 aliphatic carbocycles. The Morgan fingerprint density at radius 2 is 1.80 bits per heavy atom. The zero-order chi connectivity index (χ0) is 15.0. The van der Waals surface area contributed by atoms with Crippen LogP contribution < -0.4 is 4.74 Å². The number of methoxy groups -OCH3 is 2. The van der Waals surface area contributed by atoms with Crippen LogP contribution in [0.15, 0.2) is 24.3 Å². The molecule has 110 valence electrons. The Morgan fingerprint density at radius 3 is 2.30 bits per heavy atom. The summed E-state index contributed by atoms with van der Waals surface area (Å²) >= 11 is 0. The predicted octanol–water partition coefficient (Wildman–Crippen LogP) is 2.63. The predicted molar refractivity (Wildman–Crippen MR) is 75.7 cm³/mol. The number of nitrogens with zero attached hydrogens (tertiary/aromatic N) is 1. The van der Waals surface area contributed by atoms with E-state index < -0.39 is 6.09 Å². The van der Waals surface area contributed by atoms with E-state index in [2.05, 4.69) is 4.74 Å². The van der Waals surface area contributed by atoms with Crippen LogP contribution in [0, 0.1) is 0 Å². The first-order chi connectivity index (χ1) is 9.62. The number of carbonyl (C=O) groups is 2. The summed E-state index contributed by atoms with van der Waals surface area (Å²) in [5.41, 5.74) is 1.03. The molecule has 0 unspecified atom stereocenters. The lowest BCUT2D eigenvalue weighted by atomic mass is 10.1. The van der Waals surface area contributed by atoms with Crippen LogP contribution in [-0.2, 0) is 16.0 Å². The lowest BCUT2D eigenvalue weighted by Gasteiger charge is -2.18. The normalized spacial score (nSPS) is 9.95. The summed E-state index contributed by atoms with van der Waals surface area (Å²) in [5, 5.41) is 0. The Morgan fingerprint density at radius 1 is 1.15 bits per heavy atom. The van der Waals surface area contributed by atoms with Gasteiger partial charge in [-0.3, -0.25) is 4.79 Å². The van der Waals surface area contributed by atoms with Gasteiger partial charge in [0.2, 0.25) is 5.91 Å². The molecule has 5 heteroatoms. The van der Waals surface area contributed by atoms with E-state index in [4.69, 9.17) is 4.74 Å². The number of hydrogen-bond acceptors (Lipinski definition) is 4. The van der Waals surface area contributed by atoms with Gasteiger partial charge in [0, 0.05) is 13.0 Å². The number of imide groups is 1. The second kappa shape index (κ2) is 8.19. The fourth-order valence-corrected chi connectivity index (χ4v) is 1.83. The number of ether oxygens (including phenoxy) is 2. The maximum absolute atomic E-state index is 12.0. The van der Waals surface area contributed by atoms with Crippen molar-refractivity contribution in [3.63, 3.8) is 0 Å². The van der Waals surface area contributed by atoms with Crippen molar-refractivity contribution in [1.29, 1.82) is 0 Å². The molecule has 0 aliphatic heterocycles. The molecule has 1 rings (SSSR count). The first-order valence-electron chi connectivity index (χ1n) is 6.63. The SMILES string of the molecule is CCCN(C(=O)CCc1ccc(OC)cc1)C(=O)OC. The van der Waals surface area contributed by atoms with E-state index in [0.29, 0.717) is 19.4 Å². The Bertz CT molecular complexity index is 442. The zero-order valence-corrected chi connectivity index (χ0v) is 12.2. The third kappa shape index (κ3) is 4.57. The minimum atomic E-state index is -0.591. The highest BCUT2D eigenvalue weighted by atomic mass is 16.5. The van der Waals surface area contributed by atoms with Crippen molar-refractivity contribution >= 4 is 12.0 Å². The van der Waals surface area contributed by atoms with Crippen LogP contribution in [0.5, 0.6) is 5.75 Å². The van der Waals surface area contributed by atoms with Gasteiger partial charge in [-0.1, -0.05) is 19.1 Å². The van der Waals surface area contributed by atoms with Crippen molar-refractivity contribution in [1.82, 2.24) is 4.90 Å². The largest absolute Gasteiger partial charge is 0.497 e. The molecule has 0 atom stereocenters. The van der Waals surface area contributed by atoms with Gasteiger partial charge in [-0.2, -0.15) is 0 Å². The molecule has 0 heterocycles. The van der Waals surface area contributed by atoms with Gasteiger partial charge in [-0.25, -0.2) is 9.69 Å². The molecule has 2 amide bonds. The van der Waals surface area contributed by atoms with Crippen LogP contribution in [0.25, 0.3) is 0 Å². The number of aryl methyl sites for hydroxylation is 1. The fourth-order valence-electron chi connectivity index (χ4n) is 1.83. The Kier molecular flexibility index (Phi) is 6.56. The summed E-state index contributed by atoms with van der Waals surface area (Å²) in [4.78, 5) is 24.7. The number of amides is 2. The number of carbonyl (C=O) groups excluding carboxylic acids is 2. The molecule has 0 bridgehead atoms. The average Bonchev–Trinajstić information content (AvgIpc) is 2.50. The van der Waals surface area contributed by atoms with Crippen molar-refractivity contribution in [2.24, 2.45) is 0 Å². The number of benzene rings is 1. The van der Waals surface area contributed by atoms with Crippen LogP contribution in [0.4, 0.5) is 4.79 Å². The van der Waals surface area contributed by atoms with Crippen LogP contribution in [0.3, 0.4) is 0 Å². The van der Waals surface area contributed by atoms with Crippen molar-refractivity contribution in [3.05, 3.63) is 29.8 Å². The molecular weight excluding hydrogens is 258 g/mol. The quantitative estimate of drug-likeness (QED) is 0.803. The van der Waals surface area contributed by atoms with Crippen LogP contribution in [0.1, 0.15) is 25.3 Å². The highest BCUT2D eigenvalue weighted by Crippen LogP contribution is 2.13. The molecule has 0 N–H and O–H groups in total. The van der Waals surface area contributed by atoms with Gasteiger partial charge in [0.1, 0.15) is 5.75 Å². The first kappa shape index (κ1) is 16.0. The molecule has 5 nitrogen and oxygen atoms in total. The molecule has 0 aromatic heterocycles. The average molecular weight is 279 g/mol. The van der Waals surface area contributed by atoms with E-state index >= 15 is 0 Å². The molecule has 1 aromatic carbocycles. The third-order valence-corrected chi connectivity index (χ3v) is 2.93. The summed E-state index contributed by atoms with van der Waals surface area (Å²) in [6, 6.07) is 7.52. The summed E-state index contributed by atoms with van der Waals surface area (Å²) < 4.78 is 9.69. The summed E-state index contributed by atoms with van der Waals surface area (Å²) in [6.07, 6.45) is 0.983. The fraction of sp³-hybridized carbons (Fsp3) is 0.467. The molecule has 1 aromatic rings. The van der Waals surface area contributed by atoms with Gasteiger partial charge in [0.05, 0.1) is 14.2 Å². The van der Waals surface area contributed by atoms with E-state index in [1.54, 1.807) is 7.11 Å². The van der Waals surface area contributed by atoms with E-state index in [1.165, 1.54) is 7.11 Å². The van der Waals surface area contributed by atoms with Gasteiger partial charge in [-0.05, 0) is 30.5 Å². The highest BCUT2D eigenvalue weighted by molar-refractivity contribution is 5.91. The molecular formula is C15H21NO4. The van der Waals surface area contributed by atoms with E-state index in [1.807, 2.05) is 31.2 Å². The maximum Gasteiger partial charge on any atom is 0.416 e. The molecule has 0 radical (unpaired) electrons. The van der Waals surface area contributed by atoms with Gasteiger partial charge in [-0.15, -0.1) is 0 Å². The number of hydrogen-bond donors (Lipinski definition) is 0.